The Morgan fingerprint density at radius 2 is 2.08 bits per heavy atom. The molecule has 0 spiro atoms. The van der Waals surface area contributed by atoms with Crippen molar-refractivity contribution in [3.63, 3.8) is 0 Å². The zero-order valence-electron chi connectivity index (χ0n) is 14.0. The quantitative estimate of drug-likeness (QED) is 0.875. The summed E-state index contributed by atoms with van der Waals surface area (Å²) in [7, 11) is 1.67. The van der Waals surface area contributed by atoms with Crippen molar-refractivity contribution in [2.45, 2.75) is 13.0 Å². The number of fused-ring (bicyclic) bond motifs is 2. The van der Waals surface area contributed by atoms with E-state index in [1.54, 1.807) is 7.11 Å². The summed E-state index contributed by atoms with van der Waals surface area (Å²) in [5, 5.41) is 3.48. The number of piperazine rings is 1. The molecule has 1 atom stereocenters. The molecule has 2 heterocycles. The molecule has 0 bridgehead atoms. The fourth-order valence-electron chi connectivity index (χ4n) is 3.19. The maximum Gasteiger partial charge on any atom is 0.153 e. The Bertz CT molecular complexity index is 788. The monoisotopic (exact) mass is 323 g/mol. The molecule has 1 fully saturated rings. The molecule has 2 aliphatic rings. The van der Waals surface area contributed by atoms with Gasteiger partial charge in [0.1, 0.15) is 23.0 Å². The molecule has 0 aliphatic carbocycles. The van der Waals surface area contributed by atoms with Gasteiger partial charge < -0.3 is 19.7 Å². The van der Waals surface area contributed by atoms with Crippen LogP contribution in [0.3, 0.4) is 0 Å². The van der Waals surface area contributed by atoms with E-state index in [1.165, 1.54) is 0 Å². The van der Waals surface area contributed by atoms with Gasteiger partial charge in [0.2, 0.25) is 0 Å². The number of aliphatic imine (C=N–C) groups is 1. The minimum Gasteiger partial charge on any atom is -0.497 e. The molecule has 0 aromatic heterocycles. The molecule has 1 saturated heterocycles. The molecule has 0 saturated carbocycles. The van der Waals surface area contributed by atoms with E-state index in [2.05, 4.69) is 17.1 Å². The molecule has 2 aromatic rings. The number of para-hydroxylation sites is 2. The lowest BCUT2D eigenvalue weighted by atomic mass is 10.1. The molecular formula is C19H21N3O2. The van der Waals surface area contributed by atoms with E-state index in [0.717, 1.165) is 54.0 Å². The average molecular weight is 323 g/mol. The minimum absolute atomic E-state index is 0.433. The van der Waals surface area contributed by atoms with Crippen molar-refractivity contribution in [1.82, 2.24) is 10.2 Å². The van der Waals surface area contributed by atoms with Gasteiger partial charge in [-0.25, -0.2) is 4.99 Å². The van der Waals surface area contributed by atoms with Crippen LogP contribution in [0.15, 0.2) is 47.5 Å². The van der Waals surface area contributed by atoms with Gasteiger partial charge in [-0.1, -0.05) is 12.1 Å². The van der Waals surface area contributed by atoms with Gasteiger partial charge in [-0.05, 0) is 31.2 Å². The van der Waals surface area contributed by atoms with Gasteiger partial charge in [-0.2, -0.15) is 0 Å². The topological polar surface area (TPSA) is 46.1 Å². The normalized spacial score (nSPS) is 19.5. The summed E-state index contributed by atoms with van der Waals surface area (Å²) in [6.07, 6.45) is 0. The van der Waals surface area contributed by atoms with Crippen LogP contribution in [0.5, 0.6) is 17.2 Å². The van der Waals surface area contributed by atoms with Crippen LogP contribution in [0, 0.1) is 0 Å². The fourth-order valence-corrected chi connectivity index (χ4v) is 3.19. The van der Waals surface area contributed by atoms with E-state index >= 15 is 0 Å². The van der Waals surface area contributed by atoms with Crippen LogP contribution in [0.4, 0.5) is 5.69 Å². The van der Waals surface area contributed by atoms with Gasteiger partial charge in [0.15, 0.2) is 5.75 Å². The van der Waals surface area contributed by atoms with E-state index in [4.69, 9.17) is 14.5 Å². The Morgan fingerprint density at radius 1 is 1.21 bits per heavy atom. The predicted molar refractivity (Wildman–Crippen MR) is 94.7 cm³/mol. The van der Waals surface area contributed by atoms with Gasteiger partial charge in [0, 0.05) is 31.7 Å². The van der Waals surface area contributed by atoms with Crippen LogP contribution in [-0.2, 0) is 0 Å². The third kappa shape index (κ3) is 2.71. The number of ether oxygens (including phenoxy) is 2. The maximum absolute atomic E-state index is 6.16. The summed E-state index contributed by atoms with van der Waals surface area (Å²) in [5.74, 6) is 3.29. The zero-order valence-corrected chi connectivity index (χ0v) is 14.0. The van der Waals surface area contributed by atoms with Crippen molar-refractivity contribution in [1.29, 1.82) is 0 Å². The van der Waals surface area contributed by atoms with Crippen molar-refractivity contribution < 1.29 is 9.47 Å². The molecule has 5 nitrogen and oxygen atoms in total. The molecule has 124 valence electrons. The van der Waals surface area contributed by atoms with E-state index in [-0.39, 0.29) is 0 Å². The van der Waals surface area contributed by atoms with Crippen LogP contribution in [-0.4, -0.2) is 43.5 Å². The Hall–Kier alpha value is -2.53. The molecule has 1 unspecified atom stereocenters. The summed E-state index contributed by atoms with van der Waals surface area (Å²) < 4.78 is 11.5. The highest BCUT2D eigenvalue weighted by molar-refractivity contribution is 6.04. The van der Waals surface area contributed by atoms with Crippen LogP contribution in [0.1, 0.15) is 12.5 Å². The smallest absolute Gasteiger partial charge is 0.153 e. The Labute approximate surface area is 141 Å². The summed E-state index contributed by atoms with van der Waals surface area (Å²) in [5.41, 5.74) is 1.86. The van der Waals surface area contributed by atoms with Gasteiger partial charge in [0.25, 0.3) is 0 Å². The van der Waals surface area contributed by atoms with Gasteiger partial charge in [-0.3, -0.25) is 0 Å². The second kappa shape index (κ2) is 6.17. The predicted octanol–water partition coefficient (Wildman–Crippen LogP) is 3.17. The van der Waals surface area contributed by atoms with Gasteiger partial charge in [0.05, 0.1) is 12.7 Å². The number of nitrogens with one attached hydrogen (secondary N) is 1. The first-order chi connectivity index (χ1) is 11.7. The van der Waals surface area contributed by atoms with Crippen molar-refractivity contribution in [2.75, 3.05) is 26.7 Å². The largest absolute Gasteiger partial charge is 0.497 e. The van der Waals surface area contributed by atoms with Crippen molar-refractivity contribution in [3.8, 4) is 17.2 Å². The average Bonchev–Trinajstić information content (AvgIpc) is 2.77. The zero-order chi connectivity index (χ0) is 16.5. The minimum atomic E-state index is 0.433. The third-order valence-corrected chi connectivity index (χ3v) is 4.41. The molecule has 0 radical (unpaired) electrons. The number of hydrogen-bond acceptors (Lipinski definition) is 5. The maximum atomic E-state index is 6.16. The highest BCUT2D eigenvalue weighted by Gasteiger charge is 2.26. The standard InChI is InChI=1S/C19H21N3O2/c1-13-12-22(10-9-20-13)19-15-8-7-14(23-2)11-18(15)24-17-6-4-3-5-16(17)21-19/h3-8,11,13,20H,9-10,12H2,1-2H3. The van der Waals surface area contributed by atoms with Gasteiger partial charge >= 0.3 is 0 Å². The first-order valence-electron chi connectivity index (χ1n) is 8.27. The van der Waals surface area contributed by atoms with Crippen molar-refractivity contribution >= 4 is 11.5 Å². The Morgan fingerprint density at radius 3 is 2.92 bits per heavy atom. The van der Waals surface area contributed by atoms with Crippen LogP contribution < -0.4 is 14.8 Å². The highest BCUT2D eigenvalue weighted by Crippen LogP contribution is 2.39. The number of rotatable bonds is 1. The summed E-state index contributed by atoms with van der Waals surface area (Å²) >= 11 is 0. The van der Waals surface area contributed by atoms with Crippen LogP contribution in [0.25, 0.3) is 0 Å². The number of amidine groups is 1. The number of hydrogen-bond donors (Lipinski definition) is 1. The fraction of sp³-hybridized carbons (Fsp3) is 0.316. The van der Waals surface area contributed by atoms with E-state index in [1.807, 2.05) is 42.5 Å². The van der Waals surface area contributed by atoms with Crippen molar-refractivity contribution in [3.05, 3.63) is 48.0 Å². The van der Waals surface area contributed by atoms with Crippen LogP contribution >= 0.6 is 0 Å². The summed E-state index contributed by atoms with van der Waals surface area (Å²) in [4.78, 5) is 7.27. The lowest BCUT2D eigenvalue weighted by Crippen LogP contribution is -2.51. The lowest BCUT2D eigenvalue weighted by molar-refractivity contribution is 0.304. The molecular weight excluding hydrogens is 302 g/mol. The summed E-state index contributed by atoms with van der Waals surface area (Å²) in [6.45, 7) is 5.00. The third-order valence-electron chi connectivity index (χ3n) is 4.41. The molecule has 2 aromatic carbocycles. The van der Waals surface area contributed by atoms with Gasteiger partial charge in [-0.15, -0.1) is 0 Å². The first kappa shape index (κ1) is 15.0. The second-order valence-electron chi connectivity index (χ2n) is 6.17. The van der Waals surface area contributed by atoms with Crippen LogP contribution in [0.2, 0.25) is 0 Å². The Balaban J connectivity index is 1.85. The molecule has 1 N–H and O–H groups in total. The Kier molecular flexibility index (Phi) is 3.86. The van der Waals surface area contributed by atoms with Crippen molar-refractivity contribution in [2.24, 2.45) is 4.99 Å². The van der Waals surface area contributed by atoms with E-state index in [9.17, 15) is 0 Å². The molecule has 0 amide bonds. The lowest BCUT2D eigenvalue weighted by Gasteiger charge is -2.34. The number of nitrogens with zero attached hydrogens (tertiary/aromatic N) is 2. The number of benzene rings is 2. The first-order valence-corrected chi connectivity index (χ1v) is 8.27. The van der Waals surface area contributed by atoms with E-state index in [0.29, 0.717) is 6.04 Å². The molecule has 4 rings (SSSR count). The summed E-state index contributed by atoms with van der Waals surface area (Å²) in [6, 6.07) is 14.2. The molecule has 24 heavy (non-hydrogen) atoms. The second-order valence-corrected chi connectivity index (χ2v) is 6.17. The van der Waals surface area contributed by atoms with E-state index < -0.39 is 0 Å². The molecule has 2 aliphatic heterocycles. The molecule has 5 heteroatoms. The highest BCUT2D eigenvalue weighted by atomic mass is 16.5. The number of methoxy groups -OCH3 is 1. The SMILES string of the molecule is COc1ccc2c(c1)Oc1ccccc1N=C2N1CCNC(C)C1.